The summed E-state index contributed by atoms with van der Waals surface area (Å²) in [5, 5.41) is 10.4. The van der Waals surface area contributed by atoms with Gasteiger partial charge in [-0.25, -0.2) is 15.2 Å². The van der Waals surface area contributed by atoms with Crippen molar-refractivity contribution in [1.29, 1.82) is 0 Å². The maximum absolute atomic E-state index is 12.6. The van der Waals surface area contributed by atoms with Crippen LogP contribution in [0.15, 0.2) is 30.3 Å². The zero-order chi connectivity index (χ0) is 21.6. The number of ketones is 1. The molecule has 1 unspecified atom stereocenters. The van der Waals surface area contributed by atoms with Crippen molar-refractivity contribution in [3.63, 3.8) is 0 Å². The third-order valence-electron chi connectivity index (χ3n) is 4.26. The van der Waals surface area contributed by atoms with Crippen LogP contribution in [0.5, 0.6) is 0 Å². The van der Waals surface area contributed by atoms with Gasteiger partial charge in [0.25, 0.3) is 0 Å². The summed E-state index contributed by atoms with van der Waals surface area (Å²) < 4.78 is 4.99. The number of aliphatic hydroxyl groups is 1. The maximum atomic E-state index is 12.6. The van der Waals surface area contributed by atoms with Crippen molar-refractivity contribution in [2.24, 2.45) is 0 Å². The molecule has 2 aliphatic carbocycles. The summed E-state index contributed by atoms with van der Waals surface area (Å²) in [6.45, 7) is 1.79. The van der Waals surface area contributed by atoms with Gasteiger partial charge in [-0.3, -0.25) is 4.79 Å². The van der Waals surface area contributed by atoms with Gasteiger partial charge in [-0.15, -0.1) is 0 Å². The van der Waals surface area contributed by atoms with Crippen LogP contribution in [0.2, 0.25) is 0 Å². The van der Waals surface area contributed by atoms with E-state index in [0.29, 0.717) is 5.56 Å². The van der Waals surface area contributed by atoms with Crippen molar-refractivity contribution in [2.75, 3.05) is 19.8 Å². The van der Waals surface area contributed by atoms with Crippen LogP contribution in [0.1, 0.15) is 23.7 Å². The number of nitrogens with zero attached hydrogens (tertiary/aromatic N) is 1. The van der Waals surface area contributed by atoms with Crippen molar-refractivity contribution in [2.45, 2.75) is 19.4 Å². The molecule has 7 heteroatoms. The van der Waals surface area contributed by atoms with Crippen LogP contribution in [0.3, 0.4) is 0 Å². The largest absolute Gasteiger partial charge is 2.00 e. The zero-order valence-corrected chi connectivity index (χ0v) is 18.6. The summed E-state index contributed by atoms with van der Waals surface area (Å²) in [5.74, 6) is 0.851. The van der Waals surface area contributed by atoms with Gasteiger partial charge in [0.05, 0.1) is 19.8 Å². The number of hydrazine groups is 1. The molecule has 164 valence electrons. The second-order valence-corrected chi connectivity index (χ2v) is 6.43. The van der Waals surface area contributed by atoms with Gasteiger partial charge < -0.3 is 9.84 Å². The number of aliphatic hydroxyl groups excluding tert-OH is 1. The van der Waals surface area contributed by atoms with Gasteiger partial charge in [-0.05, 0) is 64.7 Å². The van der Waals surface area contributed by atoms with E-state index in [-0.39, 0.29) is 49.0 Å². The number of carbonyl (C=O) groups is 2. The first-order chi connectivity index (χ1) is 14.7. The Labute approximate surface area is 197 Å². The van der Waals surface area contributed by atoms with E-state index in [9.17, 15) is 14.7 Å². The summed E-state index contributed by atoms with van der Waals surface area (Å²) in [5.41, 5.74) is 3.64. The van der Waals surface area contributed by atoms with Crippen molar-refractivity contribution in [3.05, 3.63) is 99.6 Å². The molecule has 0 saturated heterocycles. The Bertz CT molecular complexity index is 612. The van der Waals surface area contributed by atoms with Crippen LogP contribution >= 0.6 is 0 Å². The molecule has 1 aromatic rings. The second-order valence-electron chi connectivity index (χ2n) is 6.43. The number of ether oxygens (including phenoxy) is 1. The van der Waals surface area contributed by atoms with Crippen LogP contribution in [0.4, 0.5) is 4.79 Å². The van der Waals surface area contributed by atoms with E-state index in [1.807, 2.05) is 76.0 Å². The van der Waals surface area contributed by atoms with Crippen molar-refractivity contribution in [1.82, 2.24) is 10.4 Å². The SMILES string of the molecule is CCOC(=O)N(CCO)NC(CC(=O)c1ccccc1)[C]1[CH][CH][CH][CH]1.[CH]1[CH][CH][CH][CH]1.[Fe+2]. The summed E-state index contributed by atoms with van der Waals surface area (Å²) >= 11 is 0. The monoisotopic (exact) mass is 464 g/mol. The molecule has 3 rings (SSSR count). The normalized spacial score (nSPS) is 16.6. The Hall–Kier alpha value is -1.40. The smallest absolute Gasteiger partial charge is 0.449 e. The van der Waals surface area contributed by atoms with E-state index >= 15 is 0 Å². The molecule has 2 aliphatic rings. The van der Waals surface area contributed by atoms with Gasteiger partial charge in [0.1, 0.15) is 0 Å². The minimum Gasteiger partial charge on any atom is -0.449 e. The Balaban J connectivity index is 0.000000701. The van der Waals surface area contributed by atoms with Crippen LogP contribution in [-0.2, 0) is 21.8 Å². The summed E-state index contributed by atoms with van der Waals surface area (Å²) in [6.07, 6.45) is 17.1. The van der Waals surface area contributed by atoms with Gasteiger partial charge in [0.2, 0.25) is 0 Å². The molecule has 6 nitrogen and oxygen atoms in total. The number of carbonyl (C=O) groups excluding carboxylic acids is 2. The first-order valence-electron chi connectivity index (χ1n) is 9.93. The molecule has 1 aromatic carbocycles. The quantitative estimate of drug-likeness (QED) is 0.334. The Morgan fingerprint density at radius 2 is 1.58 bits per heavy atom. The molecule has 2 N–H and O–H groups in total. The van der Waals surface area contributed by atoms with Gasteiger partial charge in [-0.2, -0.15) is 0 Å². The van der Waals surface area contributed by atoms with Gasteiger partial charge >= 0.3 is 23.2 Å². The predicted molar refractivity (Wildman–Crippen MR) is 115 cm³/mol. The van der Waals surface area contributed by atoms with Crippen LogP contribution in [0, 0.1) is 63.7 Å². The van der Waals surface area contributed by atoms with Gasteiger partial charge in [0, 0.05) is 23.9 Å². The van der Waals surface area contributed by atoms with Crippen LogP contribution in [-0.4, -0.2) is 47.8 Å². The van der Waals surface area contributed by atoms with Crippen molar-refractivity contribution >= 4 is 11.9 Å². The van der Waals surface area contributed by atoms with Crippen molar-refractivity contribution in [3.8, 4) is 0 Å². The summed E-state index contributed by atoms with van der Waals surface area (Å²) in [7, 11) is 0. The Morgan fingerprint density at radius 3 is 2.10 bits per heavy atom. The average molecular weight is 464 g/mol. The number of hydrogen-bond donors (Lipinski definition) is 2. The second kappa shape index (κ2) is 16.3. The number of rotatable bonds is 9. The fraction of sp³-hybridized carbons (Fsp3) is 0.250. The minimum absolute atomic E-state index is 0. The van der Waals surface area contributed by atoms with E-state index in [0.717, 1.165) is 5.92 Å². The predicted octanol–water partition coefficient (Wildman–Crippen LogP) is 3.01. The molecule has 2 saturated carbocycles. The number of amides is 1. The molecule has 0 bridgehead atoms. The van der Waals surface area contributed by atoms with Crippen LogP contribution in [0.25, 0.3) is 0 Å². The van der Waals surface area contributed by atoms with Gasteiger partial charge in [0.15, 0.2) is 5.78 Å². The standard InChI is InChI=1S/C19H23N2O4.C5H5.Fe/c1-2-25-19(24)21(12-13-22)20-17(15-8-6-7-9-15)14-18(23)16-10-4-3-5-11-16;1-2-4-5-3-1;/h3-11,17,20,22H,2,12-14H2,1H3;1-5H;/q;;+2. The molecule has 0 heterocycles. The molecule has 10 radical (unpaired) electrons. The molecular formula is C24H28FeN2O4+2. The molecule has 0 aromatic heterocycles. The molecule has 31 heavy (non-hydrogen) atoms. The topological polar surface area (TPSA) is 78.9 Å². The first-order valence-corrected chi connectivity index (χ1v) is 9.93. The summed E-state index contributed by atoms with van der Waals surface area (Å²) in [6, 6.07) is 8.61. The van der Waals surface area contributed by atoms with Crippen molar-refractivity contribution < 1.29 is 36.5 Å². The third kappa shape index (κ3) is 10.2. The zero-order valence-electron chi connectivity index (χ0n) is 17.5. The maximum Gasteiger partial charge on any atom is 2.00 e. The minimum atomic E-state index is -0.583. The molecule has 1 amide bonds. The Kier molecular flexibility index (Phi) is 14.5. The van der Waals surface area contributed by atoms with Gasteiger partial charge in [-0.1, -0.05) is 30.3 Å². The molecule has 2 fully saturated rings. The first kappa shape index (κ1) is 27.6. The number of nitrogens with one attached hydrogen (secondary N) is 1. The Morgan fingerprint density at radius 1 is 1.00 bits per heavy atom. The number of benzene rings is 1. The van der Waals surface area contributed by atoms with E-state index < -0.39 is 12.1 Å². The van der Waals surface area contributed by atoms with E-state index in [4.69, 9.17) is 4.74 Å². The number of hydrogen-bond acceptors (Lipinski definition) is 5. The van der Waals surface area contributed by atoms with E-state index in [1.165, 1.54) is 5.01 Å². The van der Waals surface area contributed by atoms with Crippen LogP contribution < -0.4 is 5.43 Å². The molecule has 1 atom stereocenters. The fourth-order valence-electron chi connectivity index (χ4n) is 2.81. The van der Waals surface area contributed by atoms with E-state index in [2.05, 4.69) is 5.43 Å². The third-order valence-corrected chi connectivity index (χ3v) is 4.26. The number of Topliss-reactive ketones (excluding diaryl/α,β-unsaturated/α-hetero) is 1. The van der Waals surface area contributed by atoms with E-state index in [1.54, 1.807) is 19.1 Å². The average Bonchev–Trinajstić information content (AvgIpc) is 3.50. The molecule has 0 spiro atoms. The summed E-state index contributed by atoms with van der Waals surface area (Å²) in [4.78, 5) is 24.6. The fourth-order valence-corrected chi connectivity index (χ4v) is 2.81. The molecular weight excluding hydrogens is 436 g/mol. The molecule has 0 aliphatic heterocycles.